The van der Waals surface area contributed by atoms with Crippen LogP contribution in [0.5, 0.6) is 5.75 Å². The van der Waals surface area contributed by atoms with Gasteiger partial charge in [-0.3, -0.25) is 4.79 Å². The van der Waals surface area contributed by atoms with Crippen LogP contribution in [0.2, 0.25) is 0 Å². The number of hydrogen-bond donors (Lipinski definition) is 1. The van der Waals surface area contributed by atoms with E-state index in [0.29, 0.717) is 24.4 Å². The van der Waals surface area contributed by atoms with Gasteiger partial charge in [0.05, 0.1) is 39.5 Å². The summed E-state index contributed by atoms with van der Waals surface area (Å²) in [6.45, 7) is 0.733. The zero-order valence-corrected chi connectivity index (χ0v) is 19.3. The molecule has 2 aliphatic rings. The average molecular weight is 519 g/mol. The van der Waals surface area contributed by atoms with Crippen molar-refractivity contribution in [3.05, 3.63) is 29.1 Å². The van der Waals surface area contributed by atoms with Gasteiger partial charge in [-0.05, 0) is 30.6 Å². The topological polar surface area (TPSA) is 83.1 Å². The molecule has 0 spiro atoms. The Kier molecular flexibility index (Phi) is 10.3. The quantitative estimate of drug-likeness (QED) is 0.0859. The second-order valence-corrected chi connectivity index (χ2v) is 8.30. The molecule has 2 aliphatic carbocycles. The molecule has 0 saturated heterocycles. The number of fused-ring (bicyclic) bond motifs is 1. The monoisotopic (exact) mass is 519 g/mol. The van der Waals surface area contributed by atoms with Crippen LogP contribution in [0.25, 0.3) is 0 Å². The highest BCUT2D eigenvalue weighted by Crippen LogP contribution is 2.52. The zero-order valence-electron chi connectivity index (χ0n) is 19.3. The van der Waals surface area contributed by atoms with E-state index in [1.807, 2.05) is 0 Å². The molecule has 3 rings (SSSR count). The molecule has 1 fully saturated rings. The highest BCUT2D eigenvalue weighted by molar-refractivity contribution is 5.72. The minimum Gasteiger partial charge on any atom is -0.449 e. The van der Waals surface area contributed by atoms with Gasteiger partial charge >= 0.3 is 12.1 Å². The van der Waals surface area contributed by atoms with Crippen molar-refractivity contribution in [2.24, 2.45) is 17.8 Å². The van der Waals surface area contributed by atoms with Gasteiger partial charge in [-0.1, -0.05) is 0 Å². The third kappa shape index (κ3) is 7.54. The third-order valence-electron chi connectivity index (χ3n) is 5.97. The summed E-state index contributed by atoms with van der Waals surface area (Å²) in [5, 5.41) is 2.58. The molecule has 0 heterocycles. The summed E-state index contributed by atoms with van der Waals surface area (Å²) in [5.74, 6) is -6.30. The highest BCUT2D eigenvalue weighted by atomic mass is 19.2. The Morgan fingerprint density at radius 2 is 1.36 bits per heavy atom. The van der Waals surface area contributed by atoms with Crippen molar-refractivity contribution < 1.29 is 50.5 Å². The average Bonchev–Trinajstić information content (AvgIpc) is 3.50. The third-order valence-corrected chi connectivity index (χ3v) is 5.97. The summed E-state index contributed by atoms with van der Waals surface area (Å²) in [5.41, 5.74) is 0. The predicted molar refractivity (Wildman–Crippen MR) is 114 cm³/mol. The normalized spacial score (nSPS) is 20.3. The van der Waals surface area contributed by atoms with Crippen LogP contribution in [0.15, 0.2) is 0 Å². The molecule has 36 heavy (non-hydrogen) atoms. The van der Waals surface area contributed by atoms with E-state index in [0.717, 1.165) is 25.7 Å². The number of ether oxygens (including phenoxy) is 4. The van der Waals surface area contributed by atoms with Crippen LogP contribution >= 0.6 is 0 Å². The predicted octanol–water partition coefficient (Wildman–Crippen LogP) is 3.88. The number of alkyl carbamates (subject to hydrolysis) is 1. The molecular formula is C24H26F5NO6. The fraction of sp³-hybridized carbons (Fsp3) is 0.583. The van der Waals surface area contributed by atoms with Gasteiger partial charge in [0.2, 0.25) is 34.8 Å². The molecule has 12 heteroatoms. The number of benzene rings is 1. The SMILES string of the molecule is O=C(CCOCCOCCNC(=O)OCC1[C@H]2CCC#CCC[C@@H]12)Oc1c(F)c(F)c(F)c(F)c1F. The largest absolute Gasteiger partial charge is 0.449 e. The maximum Gasteiger partial charge on any atom is 0.407 e. The van der Waals surface area contributed by atoms with Crippen molar-refractivity contribution in [1.29, 1.82) is 0 Å². The van der Waals surface area contributed by atoms with Gasteiger partial charge < -0.3 is 24.3 Å². The van der Waals surface area contributed by atoms with Crippen LogP contribution in [-0.4, -0.2) is 51.6 Å². The van der Waals surface area contributed by atoms with Crippen LogP contribution in [0.1, 0.15) is 32.1 Å². The Hall–Kier alpha value is -2.91. The second-order valence-electron chi connectivity index (χ2n) is 8.30. The van der Waals surface area contributed by atoms with E-state index in [2.05, 4.69) is 21.9 Å². The van der Waals surface area contributed by atoms with Gasteiger partial charge in [0, 0.05) is 19.4 Å². The van der Waals surface area contributed by atoms with Gasteiger partial charge in [0.1, 0.15) is 0 Å². The minimum absolute atomic E-state index is 0.0500. The van der Waals surface area contributed by atoms with Gasteiger partial charge in [0.15, 0.2) is 0 Å². The molecule has 1 aromatic rings. The van der Waals surface area contributed by atoms with Crippen molar-refractivity contribution >= 4 is 12.1 Å². The van der Waals surface area contributed by atoms with Gasteiger partial charge in [-0.2, -0.15) is 8.78 Å². The van der Waals surface area contributed by atoms with E-state index in [-0.39, 0.29) is 33.0 Å². The number of halogens is 5. The Labute approximate surface area is 204 Å². The molecular weight excluding hydrogens is 493 g/mol. The smallest absolute Gasteiger partial charge is 0.407 e. The molecule has 0 radical (unpaired) electrons. The van der Waals surface area contributed by atoms with E-state index in [1.54, 1.807) is 0 Å². The molecule has 3 atom stereocenters. The molecule has 1 saturated carbocycles. The molecule has 7 nitrogen and oxygen atoms in total. The number of nitrogens with one attached hydrogen (secondary N) is 1. The van der Waals surface area contributed by atoms with Gasteiger partial charge in [-0.25, -0.2) is 18.0 Å². The molecule has 0 aliphatic heterocycles. The van der Waals surface area contributed by atoms with E-state index in [9.17, 15) is 31.5 Å². The molecule has 1 unspecified atom stereocenters. The molecule has 0 aromatic heterocycles. The number of carbonyl (C=O) groups is 2. The molecule has 1 amide bonds. The maximum absolute atomic E-state index is 13.5. The number of hydrogen-bond acceptors (Lipinski definition) is 6. The molecule has 0 bridgehead atoms. The lowest BCUT2D eigenvalue weighted by Gasteiger charge is -2.09. The lowest BCUT2D eigenvalue weighted by molar-refractivity contribution is -0.136. The fourth-order valence-corrected chi connectivity index (χ4v) is 4.05. The zero-order chi connectivity index (χ0) is 26.1. The van der Waals surface area contributed by atoms with Crippen molar-refractivity contribution in [3.63, 3.8) is 0 Å². The van der Waals surface area contributed by atoms with Crippen molar-refractivity contribution in [2.45, 2.75) is 32.1 Å². The summed E-state index contributed by atoms with van der Waals surface area (Å²) in [4.78, 5) is 23.4. The first kappa shape index (κ1) is 27.7. The van der Waals surface area contributed by atoms with E-state index >= 15 is 0 Å². The fourth-order valence-electron chi connectivity index (χ4n) is 4.05. The summed E-state index contributed by atoms with van der Waals surface area (Å²) >= 11 is 0. The first-order valence-corrected chi connectivity index (χ1v) is 11.5. The number of amides is 1. The Morgan fingerprint density at radius 1 is 0.806 bits per heavy atom. The second kappa shape index (κ2) is 13.4. The summed E-state index contributed by atoms with van der Waals surface area (Å²) in [6, 6.07) is 0. The maximum atomic E-state index is 13.5. The van der Waals surface area contributed by atoms with E-state index in [4.69, 9.17) is 14.2 Å². The van der Waals surface area contributed by atoms with Crippen LogP contribution in [0, 0.1) is 58.7 Å². The van der Waals surface area contributed by atoms with E-state index < -0.39 is 53.3 Å². The Bertz CT molecular complexity index is 964. The van der Waals surface area contributed by atoms with Crippen LogP contribution < -0.4 is 10.1 Å². The van der Waals surface area contributed by atoms with Crippen molar-refractivity contribution in [3.8, 4) is 17.6 Å². The number of carbonyl (C=O) groups excluding carboxylic acids is 2. The Balaban J connectivity index is 1.18. The van der Waals surface area contributed by atoms with Crippen molar-refractivity contribution in [2.75, 3.05) is 39.6 Å². The molecule has 1 aromatic carbocycles. The first-order chi connectivity index (χ1) is 17.3. The lowest BCUT2D eigenvalue weighted by Crippen LogP contribution is -2.29. The number of esters is 1. The van der Waals surface area contributed by atoms with Crippen LogP contribution in [0.4, 0.5) is 26.7 Å². The van der Waals surface area contributed by atoms with Gasteiger partial charge in [0.25, 0.3) is 0 Å². The standard InChI is InChI=1S/C24H26F5NO6/c25-18-19(26)21(28)23(22(29)20(18)27)36-17(31)7-9-33-11-12-34-10-8-30-24(32)35-13-16-14-5-3-1-2-4-6-15(14)16/h14-16H,3-13H2,(H,30,32)/t14-,15+,16?. The van der Waals surface area contributed by atoms with E-state index in [1.165, 1.54) is 0 Å². The first-order valence-electron chi connectivity index (χ1n) is 11.5. The molecule has 198 valence electrons. The minimum atomic E-state index is -2.35. The lowest BCUT2D eigenvalue weighted by atomic mass is 10.1. The van der Waals surface area contributed by atoms with Crippen LogP contribution in [0.3, 0.4) is 0 Å². The van der Waals surface area contributed by atoms with Crippen molar-refractivity contribution in [1.82, 2.24) is 5.32 Å². The number of rotatable bonds is 12. The Morgan fingerprint density at radius 3 is 1.97 bits per heavy atom. The summed E-state index contributed by atoms with van der Waals surface area (Å²) < 4.78 is 86.0. The van der Waals surface area contributed by atoms with Gasteiger partial charge in [-0.15, -0.1) is 11.8 Å². The summed E-state index contributed by atoms with van der Waals surface area (Å²) in [7, 11) is 0. The van der Waals surface area contributed by atoms with Crippen LogP contribution in [-0.2, 0) is 19.0 Å². The highest BCUT2D eigenvalue weighted by Gasteiger charge is 2.49. The molecule has 1 N–H and O–H groups in total. The summed E-state index contributed by atoms with van der Waals surface area (Å²) in [6.07, 6.45) is 2.88.